The lowest BCUT2D eigenvalue weighted by Crippen LogP contribution is -2.28. The van der Waals surface area contributed by atoms with Gasteiger partial charge in [-0.25, -0.2) is 0 Å². The molecule has 2 heterocycles. The maximum Gasteiger partial charge on any atom is 0.406 e. The number of hydrogen-bond donors (Lipinski definition) is 0. The van der Waals surface area contributed by atoms with E-state index in [1.165, 1.54) is 5.56 Å². The lowest BCUT2D eigenvalue weighted by atomic mass is 10.1. The van der Waals surface area contributed by atoms with E-state index in [0.29, 0.717) is 17.0 Å². The summed E-state index contributed by atoms with van der Waals surface area (Å²) in [4.78, 5) is 14.6. The van der Waals surface area contributed by atoms with E-state index in [-0.39, 0.29) is 12.3 Å². The van der Waals surface area contributed by atoms with Crippen molar-refractivity contribution in [1.29, 1.82) is 0 Å². The Morgan fingerprint density at radius 1 is 1.21 bits per heavy atom. The van der Waals surface area contributed by atoms with Crippen molar-refractivity contribution in [3.8, 4) is 0 Å². The molecule has 1 aromatic heterocycles. The van der Waals surface area contributed by atoms with Gasteiger partial charge in [-0.15, -0.1) is 0 Å². The van der Waals surface area contributed by atoms with Crippen molar-refractivity contribution < 1.29 is 18.0 Å². The average Bonchev–Trinajstić information content (AvgIpc) is 3.02. The molecule has 1 aromatic carbocycles. The molecule has 0 N–H and O–H groups in total. The van der Waals surface area contributed by atoms with E-state index in [2.05, 4.69) is 0 Å². The highest BCUT2D eigenvalue weighted by atomic mass is 19.4. The fourth-order valence-electron chi connectivity index (χ4n) is 3.34. The molecule has 0 fully saturated rings. The Labute approximate surface area is 138 Å². The molecular formula is C18H19F3N2O. The van der Waals surface area contributed by atoms with Gasteiger partial charge in [0.1, 0.15) is 6.54 Å². The van der Waals surface area contributed by atoms with Crippen molar-refractivity contribution in [3.63, 3.8) is 0 Å². The molecule has 128 valence electrons. The van der Waals surface area contributed by atoms with Crippen molar-refractivity contribution >= 4 is 11.5 Å². The number of nitrogens with zero attached hydrogens (tertiary/aromatic N) is 2. The molecule has 3 rings (SSSR count). The van der Waals surface area contributed by atoms with Gasteiger partial charge in [0.25, 0.3) is 0 Å². The van der Waals surface area contributed by atoms with Gasteiger partial charge in [0.15, 0.2) is 5.78 Å². The number of carbonyl (C=O) groups is 1. The molecule has 0 saturated carbocycles. The van der Waals surface area contributed by atoms with E-state index < -0.39 is 12.7 Å². The molecule has 6 heteroatoms. The van der Waals surface area contributed by atoms with Crippen LogP contribution < -0.4 is 4.90 Å². The third kappa shape index (κ3) is 3.18. The van der Waals surface area contributed by atoms with Gasteiger partial charge in [-0.3, -0.25) is 4.79 Å². The van der Waals surface area contributed by atoms with Gasteiger partial charge < -0.3 is 9.47 Å². The molecule has 0 atom stereocenters. The highest BCUT2D eigenvalue weighted by Crippen LogP contribution is 2.28. The maximum absolute atomic E-state index is 12.7. The molecule has 1 aliphatic rings. The minimum Gasteiger partial charge on any atom is -0.363 e. The minimum absolute atomic E-state index is 0.145. The van der Waals surface area contributed by atoms with Crippen LogP contribution in [0.15, 0.2) is 30.3 Å². The quantitative estimate of drug-likeness (QED) is 0.791. The van der Waals surface area contributed by atoms with E-state index in [1.54, 1.807) is 19.9 Å². The summed E-state index contributed by atoms with van der Waals surface area (Å²) >= 11 is 0. The first-order valence-electron chi connectivity index (χ1n) is 7.86. The molecule has 0 bridgehead atoms. The zero-order valence-electron chi connectivity index (χ0n) is 13.7. The first-order valence-corrected chi connectivity index (χ1v) is 7.86. The number of alkyl halides is 3. The first-order chi connectivity index (χ1) is 11.3. The van der Waals surface area contributed by atoms with E-state index in [9.17, 15) is 18.0 Å². The van der Waals surface area contributed by atoms with Crippen LogP contribution in [0.3, 0.4) is 0 Å². The number of fused-ring (bicyclic) bond motifs is 1. The van der Waals surface area contributed by atoms with Crippen molar-refractivity contribution in [1.82, 2.24) is 4.57 Å². The molecule has 0 aliphatic carbocycles. The fourth-order valence-corrected chi connectivity index (χ4v) is 3.34. The second-order valence-electron chi connectivity index (χ2n) is 6.21. The maximum atomic E-state index is 12.7. The van der Waals surface area contributed by atoms with Crippen LogP contribution in [-0.2, 0) is 13.0 Å². The van der Waals surface area contributed by atoms with Gasteiger partial charge >= 0.3 is 6.18 Å². The molecule has 0 amide bonds. The van der Waals surface area contributed by atoms with Crippen LogP contribution in [0.5, 0.6) is 0 Å². The first kappa shape index (κ1) is 16.6. The summed E-state index contributed by atoms with van der Waals surface area (Å²) in [7, 11) is 0. The topological polar surface area (TPSA) is 25.2 Å². The number of ketones is 1. The summed E-state index contributed by atoms with van der Waals surface area (Å²) in [5.74, 6) is -0.145. The highest BCUT2D eigenvalue weighted by molar-refractivity contribution is 6.00. The molecule has 3 nitrogen and oxygen atoms in total. The van der Waals surface area contributed by atoms with Crippen LogP contribution >= 0.6 is 0 Å². The molecule has 24 heavy (non-hydrogen) atoms. The summed E-state index contributed by atoms with van der Waals surface area (Å²) in [6, 6.07) is 9.47. The largest absolute Gasteiger partial charge is 0.406 e. The molecule has 0 unspecified atom stereocenters. The van der Waals surface area contributed by atoms with Crippen molar-refractivity contribution in [3.05, 3.63) is 52.8 Å². The van der Waals surface area contributed by atoms with E-state index in [0.717, 1.165) is 23.2 Å². The SMILES string of the molecule is Cc1cc(C(=O)CN2CCc3ccccc32)c(C)n1CC(F)(F)F. The molecule has 1 aliphatic heterocycles. The number of aryl methyl sites for hydroxylation is 1. The van der Waals surface area contributed by atoms with Crippen LogP contribution in [0.1, 0.15) is 27.3 Å². The Balaban J connectivity index is 1.81. The van der Waals surface area contributed by atoms with Crippen LogP contribution in [0.2, 0.25) is 0 Å². The Hall–Kier alpha value is -2.24. The molecule has 0 radical (unpaired) electrons. The van der Waals surface area contributed by atoms with Crippen molar-refractivity contribution in [2.24, 2.45) is 0 Å². The van der Waals surface area contributed by atoms with Crippen LogP contribution in [0.4, 0.5) is 18.9 Å². The van der Waals surface area contributed by atoms with E-state index >= 15 is 0 Å². The van der Waals surface area contributed by atoms with Crippen molar-refractivity contribution in [2.45, 2.75) is 33.0 Å². The van der Waals surface area contributed by atoms with Gasteiger partial charge in [-0.2, -0.15) is 13.2 Å². The monoisotopic (exact) mass is 336 g/mol. The minimum atomic E-state index is -4.30. The predicted octanol–water partition coefficient (Wildman–Crippen LogP) is 3.91. The predicted molar refractivity (Wildman–Crippen MR) is 86.7 cm³/mol. The Bertz CT molecular complexity index is 777. The second-order valence-corrected chi connectivity index (χ2v) is 6.21. The number of halogens is 3. The summed E-state index contributed by atoms with van der Waals surface area (Å²) < 4.78 is 39.2. The van der Waals surface area contributed by atoms with Crippen LogP contribution in [-0.4, -0.2) is 29.6 Å². The Morgan fingerprint density at radius 3 is 2.62 bits per heavy atom. The number of Topliss-reactive ketones (excluding diaryl/α,β-unsaturated/α-hetero) is 1. The highest BCUT2D eigenvalue weighted by Gasteiger charge is 2.30. The summed E-state index contributed by atoms with van der Waals surface area (Å²) in [5, 5.41) is 0. The van der Waals surface area contributed by atoms with E-state index in [4.69, 9.17) is 0 Å². The molecular weight excluding hydrogens is 317 g/mol. The van der Waals surface area contributed by atoms with Gasteiger partial charge in [0.2, 0.25) is 0 Å². The zero-order valence-corrected chi connectivity index (χ0v) is 13.7. The number of para-hydroxylation sites is 1. The lowest BCUT2D eigenvalue weighted by Gasteiger charge is -2.18. The van der Waals surface area contributed by atoms with Crippen molar-refractivity contribution in [2.75, 3.05) is 18.0 Å². The number of rotatable bonds is 4. The van der Waals surface area contributed by atoms with Gasteiger partial charge in [0, 0.05) is 29.2 Å². The normalized spacial score (nSPS) is 14.1. The lowest BCUT2D eigenvalue weighted by molar-refractivity contribution is -0.141. The standard InChI is InChI=1S/C18H19F3N2O/c1-12-9-15(13(2)23(12)11-18(19,20)21)17(24)10-22-8-7-14-5-3-4-6-16(14)22/h3-6,9H,7-8,10-11H2,1-2H3. The number of hydrogen-bond acceptors (Lipinski definition) is 2. The Morgan fingerprint density at radius 2 is 1.92 bits per heavy atom. The third-order valence-electron chi connectivity index (χ3n) is 4.53. The molecule has 0 spiro atoms. The van der Waals surface area contributed by atoms with E-state index in [1.807, 2.05) is 29.2 Å². The molecule has 2 aromatic rings. The smallest absolute Gasteiger partial charge is 0.363 e. The fraction of sp³-hybridized carbons (Fsp3) is 0.389. The zero-order chi connectivity index (χ0) is 17.5. The number of anilines is 1. The van der Waals surface area contributed by atoms with Gasteiger partial charge in [0.05, 0.1) is 6.54 Å². The third-order valence-corrected chi connectivity index (χ3v) is 4.53. The van der Waals surface area contributed by atoms with Gasteiger partial charge in [-0.1, -0.05) is 18.2 Å². The summed E-state index contributed by atoms with van der Waals surface area (Å²) in [6.45, 7) is 3.05. The summed E-state index contributed by atoms with van der Waals surface area (Å²) in [5.41, 5.74) is 3.45. The summed E-state index contributed by atoms with van der Waals surface area (Å²) in [6.07, 6.45) is -3.42. The number of benzene rings is 1. The average molecular weight is 336 g/mol. The molecule has 0 saturated heterocycles. The van der Waals surface area contributed by atoms with Gasteiger partial charge in [-0.05, 0) is 38.0 Å². The number of carbonyl (C=O) groups excluding carboxylic acids is 1. The van der Waals surface area contributed by atoms with Crippen LogP contribution in [0, 0.1) is 13.8 Å². The second kappa shape index (κ2) is 6.00. The Kier molecular flexibility index (Phi) is 4.15. The van der Waals surface area contributed by atoms with Crippen LogP contribution in [0.25, 0.3) is 0 Å². The number of aromatic nitrogens is 1.